The van der Waals surface area contributed by atoms with Crippen LogP contribution in [0.1, 0.15) is 46.0 Å². The zero-order chi connectivity index (χ0) is 28.2. The lowest BCUT2D eigenvalue weighted by Gasteiger charge is -2.16. The molecule has 0 atom stereocenters. The number of anilines is 1. The Balaban J connectivity index is 2.01. The average molecular weight is 571 g/mol. The number of nitrogens with zero attached hydrogens (tertiary/aromatic N) is 4. The van der Waals surface area contributed by atoms with Crippen LogP contribution in [0.5, 0.6) is 0 Å². The molecule has 0 fully saturated rings. The van der Waals surface area contributed by atoms with Crippen LogP contribution in [-0.4, -0.2) is 44.6 Å². The van der Waals surface area contributed by atoms with Gasteiger partial charge in [0.15, 0.2) is 5.82 Å². The first-order valence-electron chi connectivity index (χ1n) is 11.0. The van der Waals surface area contributed by atoms with Crippen LogP contribution < -0.4 is 21.8 Å². The molecule has 3 aromatic rings. The van der Waals surface area contributed by atoms with Crippen molar-refractivity contribution < 1.29 is 22.8 Å². The van der Waals surface area contributed by atoms with Crippen LogP contribution in [0.4, 0.5) is 18.9 Å². The summed E-state index contributed by atoms with van der Waals surface area (Å²) in [6.45, 7) is 4.92. The van der Waals surface area contributed by atoms with Gasteiger partial charge in [0.05, 0.1) is 28.5 Å². The van der Waals surface area contributed by atoms with Crippen LogP contribution >= 0.6 is 23.2 Å². The summed E-state index contributed by atoms with van der Waals surface area (Å²) in [5.41, 5.74) is 7.98. The summed E-state index contributed by atoms with van der Waals surface area (Å²) in [6.07, 6.45) is -3.39. The number of hydrazone groups is 1. The molecule has 0 bridgehead atoms. The van der Waals surface area contributed by atoms with E-state index in [2.05, 4.69) is 31.2 Å². The number of nitrogens with one attached hydrogen (secondary N) is 3. The number of hydrogen-bond acceptors (Lipinski definition) is 6. The van der Waals surface area contributed by atoms with E-state index in [0.717, 1.165) is 4.68 Å². The molecule has 0 radical (unpaired) electrons. The summed E-state index contributed by atoms with van der Waals surface area (Å²) in [7, 11) is 0. The molecular formula is C23H23Cl2F3N8O2. The summed E-state index contributed by atoms with van der Waals surface area (Å²) >= 11 is 12.4. The van der Waals surface area contributed by atoms with Gasteiger partial charge in [0, 0.05) is 17.3 Å². The molecule has 10 nitrogen and oxygen atoms in total. The fourth-order valence-corrected chi connectivity index (χ4v) is 3.72. The third kappa shape index (κ3) is 6.92. The van der Waals surface area contributed by atoms with Crippen molar-refractivity contribution in [2.24, 2.45) is 10.8 Å². The molecule has 1 aromatic carbocycles. The molecule has 0 saturated carbocycles. The average Bonchev–Trinajstić information content (AvgIpc) is 3.23. The molecule has 15 heteroatoms. The topological polar surface area (TPSA) is 139 Å². The number of amidine groups is 1. The Morgan fingerprint density at radius 2 is 1.89 bits per heavy atom. The molecule has 2 amide bonds. The van der Waals surface area contributed by atoms with Crippen molar-refractivity contribution in [2.75, 3.05) is 5.32 Å². The summed E-state index contributed by atoms with van der Waals surface area (Å²) in [5.74, 6) is -2.64. The molecule has 202 valence electrons. The maximum atomic E-state index is 13.5. The van der Waals surface area contributed by atoms with Crippen LogP contribution in [0, 0.1) is 6.92 Å². The number of amides is 2. The highest BCUT2D eigenvalue weighted by molar-refractivity contribution is 6.32. The van der Waals surface area contributed by atoms with Gasteiger partial charge in [0.1, 0.15) is 5.69 Å². The first-order chi connectivity index (χ1) is 17.8. The number of carbonyl (C=O) groups is 2. The van der Waals surface area contributed by atoms with Crippen molar-refractivity contribution in [2.45, 2.75) is 39.5 Å². The van der Waals surface area contributed by atoms with Crippen LogP contribution in [0.3, 0.4) is 0 Å². The monoisotopic (exact) mass is 570 g/mol. The Hall–Kier alpha value is -3.84. The largest absolute Gasteiger partial charge is 0.450 e. The third-order valence-corrected chi connectivity index (χ3v) is 5.40. The Morgan fingerprint density at radius 3 is 2.53 bits per heavy atom. The highest BCUT2D eigenvalue weighted by Crippen LogP contribution is 2.27. The van der Waals surface area contributed by atoms with E-state index in [4.69, 9.17) is 28.9 Å². The van der Waals surface area contributed by atoms with Gasteiger partial charge in [-0.1, -0.05) is 23.2 Å². The molecule has 0 aliphatic rings. The molecule has 2 aromatic heterocycles. The maximum absolute atomic E-state index is 13.5. The number of halogens is 5. The fourth-order valence-electron chi connectivity index (χ4n) is 3.25. The molecule has 38 heavy (non-hydrogen) atoms. The van der Waals surface area contributed by atoms with Crippen LogP contribution in [0.2, 0.25) is 10.0 Å². The first kappa shape index (κ1) is 28.7. The van der Waals surface area contributed by atoms with Gasteiger partial charge in [-0.25, -0.2) is 9.67 Å². The van der Waals surface area contributed by atoms with Crippen molar-refractivity contribution in [3.63, 3.8) is 0 Å². The van der Waals surface area contributed by atoms with Gasteiger partial charge in [0.2, 0.25) is 5.84 Å². The molecule has 2 heterocycles. The van der Waals surface area contributed by atoms with Gasteiger partial charge in [-0.2, -0.15) is 23.4 Å². The number of rotatable bonds is 8. The molecule has 3 rings (SSSR count). The van der Waals surface area contributed by atoms with E-state index in [-0.39, 0.29) is 46.1 Å². The quantitative estimate of drug-likeness (QED) is 0.182. The highest BCUT2D eigenvalue weighted by Gasteiger charge is 2.33. The van der Waals surface area contributed by atoms with E-state index >= 15 is 0 Å². The lowest BCUT2D eigenvalue weighted by Crippen LogP contribution is -2.33. The maximum Gasteiger partial charge on any atom is 0.450 e. The summed E-state index contributed by atoms with van der Waals surface area (Å²) in [5, 5.41) is 13.2. The van der Waals surface area contributed by atoms with E-state index in [1.165, 1.54) is 24.4 Å². The van der Waals surface area contributed by atoms with Crippen molar-refractivity contribution in [3.05, 3.63) is 69.1 Å². The van der Waals surface area contributed by atoms with Crippen molar-refractivity contribution in [1.82, 2.24) is 25.5 Å². The minimum absolute atomic E-state index is 0.0697. The molecule has 0 saturated heterocycles. The summed E-state index contributed by atoms with van der Waals surface area (Å²) in [6, 6.07) is 7.23. The Morgan fingerprint density at radius 1 is 1.18 bits per heavy atom. The minimum Gasteiger partial charge on any atom is -0.378 e. The number of aromatic nitrogens is 3. The smallest absolute Gasteiger partial charge is 0.378 e. The predicted octanol–water partition coefficient (Wildman–Crippen LogP) is 4.20. The van der Waals surface area contributed by atoms with Crippen molar-refractivity contribution in [3.8, 4) is 5.82 Å². The first-order valence-corrected chi connectivity index (χ1v) is 11.8. The van der Waals surface area contributed by atoms with Crippen LogP contribution in [0.25, 0.3) is 5.82 Å². The lowest BCUT2D eigenvalue weighted by atomic mass is 10.1. The predicted molar refractivity (Wildman–Crippen MR) is 138 cm³/mol. The van der Waals surface area contributed by atoms with Crippen molar-refractivity contribution >= 4 is 46.5 Å². The number of nitrogens with two attached hydrogens (primary N) is 1. The van der Waals surface area contributed by atoms with E-state index in [1.54, 1.807) is 32.9 Å². The molecule has 5 N–H and O–H groups in total. The second-order valence-corrected chi connectivity index (χ2v) is 9.14. The number of aryl methyl sites for hydroxylation is 1. The van der Waals surface area contributed by atoms with Gasteiger partial charge in [-0.05, 0) is 56.7 Å². The third-order valence-electron chi connectivity index (χ3n) is 4.89. The number of alkyl halides is 3. The molecule has 0 aliphatic heterocycles. The van der Waals surface area contributed by atoms with E-state index in [9.17, 15) is 22.8 Å². The van der Waals surface area contributed by atoms with Gasteiger partial charge in [-0.3, -0.25) is 9.59 Å². The lowest BCUT2D eigenvalue weighted by molar-refractivity contribution is -0.0603. The highest BCUT2D eigenvalue weighted by atomic mass is 35.5. The normalized spacial score (nSPS) is 12.0. The van der Waals surface area contributed by atoms with E-state index in [0.29, 0.717) is 10.6 Å². The minimum atomic E-state index is -4.81. The molecule has 0 unspecified atom stereocenters. The van der Waals surface area contributed by atoms with Gasteiger partial charge in [-0.15, -0.1) is 0 Å². The number of benzene rings is 1. The SMILES string of the molecule is Cc1cc(Cl)cc(C(=O)NC(C)C)c1NC(=O)c1cc(CNN=C(N)C(F)(F)F)nn1-c1ncccc1Cl. The second-order valence-electron chi connectivity index (χ2n) is 8.30. The van der Waals surface area contributed by atoms with Crippen molar-refractivity contribution in [1.29, 1.82) is 0 Å². The van der Waals surface area contributed by atoms with Crippen LogP contribution in [-0.2, 0) is 6.54 Å². The Bertz CT molecular complexity index is 1390. The fraction of sp³-hybridized carbons (Fsp3) is 0.261. The van der Waals surface area contributed by atoms with Gasteiger partial charge >= 0.3 is 6.18 Å². The van der Waals surface area contributed by atoms with E-state index in [1.807, 2.05) is 0 Å². The number of hydrogen-bond donors (Lipinski definition) is 4. The van der Waals surface area contributed by atoms with Gasteiger partial charge < -0.3 is 21.8 Å². The summed E-state index contributed by atoms with van der Waals surface area (Å²) in [4.78, 5) is 30.4. The second kappa shape index (κ2) is 11.7. The molecule has 0 aliphatic carbocycles. The van der Waals surface area contributed by atoms with Gasteiger partial charge in [0.25, 0.3) is 11.8 Å². The van der Waals surface area contributed by atoms with Crippen LogP contribution in [0.15, 0.2) is 41.6 Å². The Kier molecular flexibility index (Phi) is 8.84. The standard InChI is InChI=1S/C23H23Cl2F3N8O2/c1-11(2)32-20(37)15-8-13(24)7-12(3)18(15)33-21(38)17-9-14(10-31-34-22(29)23(26,27)28)35-36(17)19-16(25)5-4-6-30-19/h4-9,11,31H,10H2,1-3H3,(H2,29,34)(H,32,37)(H,33,38). The number of carbonyl (C=O) groups excluding carboxylic acids is 2. The summed E-state index contributed by atoms with van der Waals surface area (Å²) < 4.78 is 39.0. The molecule has 0 spiro atoms. The zero-order valence-corrected chi connectivity index (χ0v) is 21.8. The number of pyridine rings is 1. The molecular weight excluding hydrogens is 548 g/mol. The van der Waals surface area contributed by atoms with E-state index < -0.39 is 23.8 Å². The Labute approximate surface area is 225 Å². The zero-order valence-electron chi connectivity index (χ0n) is 20.3.